The lowest BCUT2D eigenvalue weighted by Gasteiger charge is -2.12. The molecule has 2 aromatic rings. The normalized spacial score (nSPS) is 14.5. The van der Waals surface area contributed by atoms with Crippen LogP contribution >= 0.6 is 35.0 Å². The molecule has 2 aromatic carbocycles. The number of hydrogen-bond donors (Lipinski definition) is 1. The molecule has 0 unspecified atom stereocenters. The topological polar surface area (TPSA) is 102 Å². The van der Waals surface area contributed by atoms with Gasteiger partial charge >= 0.3 is 5.97 Å². The molecule has 3 amide bonds. The maximum Gasteiger partial charge on any atom is 0.344 e. The molecular formula is C23H20Cl2N2O6S. The van der Waals surface area contributed by atoms with Crippen molar-refractivity contribution in [1.29, 1.82) is 0 Å². The summed E-state index contributed by atoms with van der Waals surface area (Å²) in [7, 11) is 0. The van der Waals surface area contributed by atoms with Crippen molar-refractivity contribution in [3.05, 3.63) is 62.5 Å². The smallest absolute Gasteiger partial charge is 0.344 e. The van der Waals surface area contributed by atoms with Crippen molar-refractivity contribution < 1.29 is 28.7 Å². The maximum absolute atomic E-state index is 12.7. The van der Waals surface area contributed by atoms with Gasteiger partial charge in [0.25, 0.3) is 11.1 Å². The van der Waals surface area contributed by atoms with Gasteiger partial charge in [-0.2, -0.15) is 0 Å². The van der Waals surface area contributed by atoms with E-state index in [1.165, 1.54) is 18.2 Å². The fraction of sp³-hybridized carbons (Fsp3) is 0.217. The largest absolute Gasteiger partial charge is 0.479 e. The van der Waals surface area contributed by atoms with E-state index in [0.29, 0.717) is 23.0 Å². The summed E-state index contributed by atoms with van der Waals surface area (Å²) in [6, 6.07) is 10.1. The molecular weight excluding hydrogens is 503 g/mol. The van der Waals surface area contributed by atoms with Crippen molar-refractivity contribution in [3.8, 4) is 5.75 Å². The van der Waals surface area contributed by atoms with E-state index in [4.69, 9.17) is 32.7 Å². The summed E-state index contributed by atoms with van der Waals surface area (Å²) in [5, 5.41) is 2.31. The molecule has 1 fully saturated rings. The third kappa shape index (κ3) is 6.53. The van der Waals surface area contributed by atoms with Crippen LogP contribution < -0.4 is 10.1 Å². The predicted molar refractivity (Wildman–Crippen MR) is 131 cm³/mol. The SMILES string of the molecule is CCOC(=O)COc1c(Cl)cc(C=C2SC(=O)N(CC(=O)Nc3ccc(C)cc3)C2=O)cc1Cl. The van der Waals surface area contributed by atoms with Gasteiger partial charge in [0, 0.05) is 5.69 Å². The molecule has 0 bridgehead atoms. The Kier molecular flexibility index (Phi) is 8.60. The molecule has 0 radical (unpaired) electrons. The number of amides is 3. The van der Waals surface area contributed by atoms with E-state index in [9.17, 15) is 19.2 Å². The highest BCUT2D eigenvalue weighted by Crippen LogP contribution is 2.37. The van der Waals surface area contributed by atoms with Crippen molar-refractivity contribution >= 4 is 69.8 Å². The minimum atomic E-state index is -0.607. The number of anilines is 1. The number of carbonyl (C=O) groups excluding carboxylic acids is 4. The minimum absolute atomic E-state index is 0.0921. The van der Waals surface area contributed by atoms with Crippen LogP contribution in [0.15, 0.2) is 41.3 Å². The number of nitrogens with zero attached hydrogens (tertiary/aromatic N) is 1. The van der Waals surface area contributed by atoms with Crippen LogP contribution in [0.4, 0.5) is 10.5 Å². The first-order valence-corrected chi connectivity index (χ1v) is 11.6. The summed E-state index contributed by atoms with van der Waals surface area (Å²) in [6.07, 6.45) is 1.44. The lowest BCUT2D eigenvalue weighted by Crippen LogP contribution is -2.36. The Morgan fingerprint density at radius 2 is 1.76 bits per heavy atom. The Bertz CT molecular complexity index is 1140. The molecule has 3 rings (SSSR count). The third-order valence-corrected chi connectivity index (χ3v) is 5.94. The molecule has 1 aliphatic heterocycles. The van der Waals surface area contributed by atoms with Gasteiger partial charge in [-0.05, 0) is 61.5 Å². The van der Waals surface area contributed by atoms with Crippen molar-refractivity contribution in [2.24, 2.45) is 0 Å². The van der Waals surface area contributed by atoms with Crippen LogP contribution in [0.5, 0.6) is 5.75 Å². The summed E-state index contributed by atoms with van der Waals surface area (Å²) in [4.78, 5) is 49.8. The highest BCUT2D eigenvalue weighted by atomic mass is 35.5. The second-order valence-electron chi connectivity index (χ2n) is 7.09. The zero-order valence-electron chi connectivity index (χ0n) is 18.2. The average molecular weight is 523 g/mol. The van der Waals surface area contributed by atoms with E-state index in [0.717, 1.165) is 10.5 Å². The van der Waals surface area contributed by atoms with Gasteiger partial charge in [0.05, 0.1) is 21.6 Å². The fourth-order valence-electron chi connectivity index (χ4n) is 2.90. The van der Waals surface area contributed by atoms with Crippen molar-refractivity contribution in [2.75, 3.05) is 25.1 Å². The first-order chi connectivity index (χ1) is 16.2. The van der Waals surface area contributed by atoms with Gasteiger partial charge in [-0.25, -0.2) is 4.79 Å². The first kappa shape index (κ1) is 25.6. The van der Waals surface area contributed by atoms with Crippen molar-refractivity contribution in [3.63, 3.8) is 0 Å². The number of ether oxygens (including phenoxy) is 2. The number of rotatable bonds is 8. The number of aryl methyl sites for hydroxylation is 1. The zero-order valence-corrected chi connectivity index (χ0v) is 20.6. The number of halogens is 2. The number of hydrogen-bond acceptors (Lipinski definition) is 7. The number of carbonyl (C=O) groups is 4. The van der Waals surface area contributed by atoms with Gasteiger partial charge in [0.2, 0.25) is 5.91 Å². The Balaban J connectivity index is 1.68. The molecule has 1 saturated heterocycles. The second-order valence-corrected chi connectivity index (χ2v) is 8.90. The third-order valence-electron chi connectivity index (χ3n) is 4.47. The lowest BCUT2D eigenvalue weighted by molar-refractivity contribution is -0.145. The first-order valence-electron chi connectivity index (χ1n) is 10.1. The van der Waals surface area contributed by atoms with Crippen LogP contribution in [0.3, 0.4) is 0 Å². The Labute approximate surface area is 210 Å². The molecule has 1 heterocycles. The van der Waals surface area contributed by atoms with E-state index in [1.807, 2.05) is 19.1 Å². The fourth-order valence-corrected chi connectivity index (χ4v) is 4.35. The molecule has 34 heavy (non-hydrogen) atoms. The maximum atomic E-state index is 12.7. The average Bonchev–Trinajstić information content (AvgIpc) is 3.02. The summed E-state index contributed by atoms with van der Waals surface area (Å²) in [6.45, 7) is 3.02. The van der Waals surface area contributed by atoms with Gasteiger partial charge < -0.3 is 14.8 Å². The summed E-state index contributed by atoms with van der Waals surface area (Å²) in [5.41, 5.74) is 2.04. The summed E-state index contributed by atoms with van der Waals surface area (Å²) in [5.74, 6) is -1.58. The molecule has 1 aliphatic rings. The molecule has 11 heteroatoms. The monoisotopic (exact) mass is 522 g/mol. The zero-order chi connectivity index (χ0) is 24.8. The molecule has 178 valence electrons. The summed E-state index contributed by atoms with van der Waals surface area (Å²) >= 11 is 13.1. The van der Waals surface area contributed by atoms with E-state index in [1.54, 1.807) is 19.1 Å². The molecule has 1 N–H and O–H groups in total. The molecule has 0 atom stereocenters. The Morgan fingerprint density at radius 1 is 1.12 bits per heavy atom. The van der Waals surface area contributed by atoms with Gasteiger partial charge in [0.15, 0.2) is 12.4 Å². The lowest BCUT2D eigenvalue weighted by atomic mass is 10.2. The summed E-state index contributed by atoms with van der Waals surface area (Å²) < 4.78 is 10.1. The van der Waals surface area contributed by atoms with Crippen LogP contribution in [0.25, 0.3) is 6.08 Å². The highest BCUT2D eigenvalue weighted by molar-refractivity contribution is 8.18. The van der Waals surface area contributed by atoms with Crippen molar-refractivity contribution in [2.45, 2.75) is 13.8 Å². The van der Waals surface area contributed by atoms with Crippen LogP contribution in [0.1, 0.15) is 18.1 Å². The van der Waals surface area contributed by atoms with Gasteiger partial charge in [-0.3, -0.25) is 19.3 Å². The Hall–Kier alpha value is -3.01. The standard InChI is InChI=1S/C23H20Cl2N2O6S/c1-3-32-20(29)12-33-21-16(24)8-14(9-17(21)25)10-18-22(30)27(23(31)34-18)11-19(28)26-15-6-4-13(2)5-7-15/h4-10H,3,11-12H2,1-2H3,(H,26,28). The van der Waals surface area contributed by atoms with Crippen LogP contribution in [-0.4, -0.2) is 47.7 Å². The number of esters is 1. The van der Waals surface area contributed by atoms with Crippen LogP contribution in [0, 0.1) is 6.92 Å². The number of imide groups is 1. The number of nitrogens with one attached hydrogen (secondary N) is 1. The van der Waals surface area contributed by atoms with Crippen LogP contribution in [-0.2, 0) is 19.1 Å². The van der Waals surface area contributed by atoms with Crippen molar-refractivity contribution in [1.82, 2.24) is 4.90 Å². The molecule has 0 aliphatic carbocycles. The number of thioether (sulfide) groups is 1. The quantitative estimate of drug-likeness (QED) is 0.387. The van der Waals surface area contributed by atoms with E-state index < -0.39 is 29.6 Å². The second kappa shape index (κ2) is 11.4. The Morgan fingerprint density at radius 3 is 2.38 bits per heavy atom. The number of benzene rings is 2. The van der Waals surface area contributed by atoms with E-state index in [-0.39, 0.29) is 33.9 Å². The minimum Gasteiger partial charge on any atom is -0.479 e. The predicted octanol–water partition coefficient (Wildman–Crippen LogP) is 4.92. The molecule has 0 spiro atoms. The molecule has 8 nitrogen and oxygen atoms in total. The molecule has 0 saturated carbocycles. The molecule has 0 aromatic heterocycles. The highest BCUT2D eigenvalue weighted by Gasteiger charge is 2.36. The van der Waals surface area contributed by atoms with E-state index >= 15 is 0 Å². The van der Waals surface area contributed by atoms with Gasteiger partial charge in [0.1, 0.15) is 6.54 Å². The van der Waals surface area contributed by atoms with Gasteiger partial charge in [-0.15, -0.1) is 0 Å². The van der Waals surface area contributed by atoms with Gasteiger partial charge in [-0.1, -0.05) is 40.9 Å². The van der Waals surface area contributed by atoms with Crippen LogP contribution in [0.2, 0.25) is 10.0 Å². The van der Waals surface area contributed by atoms with E-state index in [2.05, 4.69) is 5.32 Å².